The monoisotopic (exact) mass is 152 g/mol. The van der Waals surface area contributed by atoms with Crippen molar-refractivity contribution in [1.29, 1.82) is 0 Å². The number of thiazole rings is 1. The summed E-state index contributed by atoms with van der Waals surface area (Å²) in [5, 5.41) is 7.92. The normalized spacial score (nSPS) is 10.4. The molecule has 10 heavy (non-hydrogen) atoms. The summed E-state index contributed by atoms with van der Waals surface area (Å²) in [5.41, 5.74) is 6.26. The van der Waals surface area contributed by atoms with Gasteiger partial charge in [-0.05, 0) is 0 Å². The van der Waals surface area contributed by atoms with Crippen molar-refractivity contribution in [2.45, 2.75) is 0 Å². The van der Waals surface area contributed by atoms with E-state index in [4.69, 9.17) is 5.73 Å². The van der Waals surface area contributed by atoms with Gasteiger partial charge in [0, 0.05) is 0 Å². The highest BCUT2D eigenvalue weighted by molar-refractivity contribution is 7.22. The van der Waals surface area contributed by atoms with Crippen LogP contribution in [0.5, 0.6) is 0 Å². The van der Waals surface area contributed by atoms with Crippen LogP contribution in [0.25, 0.3) is 10.2 Å². The Morgan fingerprint density at radius 3 is 2.90 bits per heavy atom. The molecule has 0 spiro atoms. The second-order valence-corrected chi connectivity index (χ2v) is 2.85. The number of hydrogen-bond acceptors (Lipinski definition) is 5. The molecular formula is C5H4N4S. The van der Waals surface area contributed by atoms with E-state index in [1.165, 1.54) is 11.3 Å². The fourth-order valence-corrected chi connectivity index (χ4v) is 1.39. The van der Waals surface area contributed by atoms with Crippen molar-refractivity contribution in [3.8, 4) is 0 Å². The SMILES string of the molecule is Nc1nc2cnncc2s1. The van der Waals surface area contributed by atoms with Crippen molar-refractivity contribution < 1.29 is 0 Å². The molecule has 2 aromatic rings. The fraction of sp³-hybridized carbons (Fsp3) is 0. The van der Waals surface area contributed by atoms with Crippen molar-refractivity contribution in [1.82, 2.24) is 15.2 Å². The average molecular weight is 152 g/mol. The summed E-state index contributed by atoms with van der Waals surface area (Å²) in [6.07, 6.45) is 3.26. The third-order valence-electron chi connectivity index (χ3n) is 1.12. The van der Waals surface area contributed by atoms with Gasteiger partial charge in [-0.1, -0.05) is 11.3 Å². The molecule has 0 unspecified atom stereocenters. The van der Waals surface area contributed by atoms with E-state index < -0.39 is 0 Å². The lowest BCUT2D eigenvalue weighted by molar-refractivity contribution is 1.05. The summed E-state index contributed by atoms with van der Waals surface area (Å²) in [7, 11) is 0. The van der Waals surface area contributed by atoms with Crippen LogP contribution in [0.2, 0.25) is 0 Å². The predicted octanol–water partition coefficient (Wildman–Crippen LogP) is 0.668. The number of rotatable bonds is 0. The van der Waals surface area contributed by atoms with Crippen LogP contribution in [0.15, 0.2) is 12.4 Å². The Bertz CT molecular complexity index is 322. The molecule has 2 rings (SSSR count). The molecule has 0 aliphatic rings. The first-order chi connectivity index (χ1) is 4.86. The van der Waals surface area contributed by atoms with Gasteiger partial charge < -0.3 is 5.73 Å². The van der Waals surface area contributed by atoms with Crippen LogP contribution in [0.3, 0.4) is 0 Å². The largest absolute Gasteiger partial charge is 0.375 e. The minimum absolute atomic E-state index is 0.560. The van der Waals surface area contributed by atoms with Gasteiger partial charge in [0.25, 0.3) is 0 Å². The molecule has 0 fully saturated rings. The Hall–Kier alpha value is -1.23. The topological polar surface area (TPSA) is 64.7 Å². The first-order valence-corrected chi connectivity index (χ1v) is 3.50. The molecule has 5 heteroatoms. The van der Waals surface area contributed by atoms with Gasteiger partial charge in [0.1, 0.15) is 5.52 Å². The zero-order valence-electron chi connectivity index (χ0n) is 4.98. The van der Waals surface area contributed by atoms with E-state index in [0.717, 1.165) is 10.2 Å². The van der Waals surface area contributed by atoms with Crippen molar-refractivity contribution >= 4 is 26.7 Å². The summed E-state index contributed by atoms with van der Waals surface area (Å²) >= 11 is 1.42. The summed E-state index contributed by atoms with van der Waals surface area (Å²) in [6.45, 7) is 0. The Morgan fingerprint density at radius 2 is 2.10 bits per heavy atom. The van der Waals surface area contributed by atoms with E-state index in [-0.39, 0.29) is 0 Å². The van der Waals surface area contributed by atoms with Gasteiger partial charge >= 0.3 is 0 Å². The van der Waals surface area contributed by atoms with E-state index in [0.29, 0.717) is 5.13 Å². The molecule has 0 aliphatic carbocycles. The Balaban J connectivity index is 2.88. The van der Waals surface area contributed by atoms with Gasteiger partial charge in [-0.15, -0.1) is 0 Å². The third kappa shape index (κ3) is 0.714. The first-order valence-electron chi connectivity index (χ1n) is 2.69. The minimum atomic E-state index is 0.560. The Kier molecular flexibility index (Phi) is 1.04. The van der Waals surface area contributed by atoms with Crippen molar-refractivity contribution in [3.05, 3.63) is 12.4 Å². The van der Waals surface area contributed by atoms with Crippen LogP contribution >= 0.6 is 11.3 Å². The van der Waals surface area contributed by atoms with Crippen LogP contribution in [0.1, 0.15) is 0 Å². The van der Waals surface area contributed by atoms with Crippen LogP contribution in [-0.2, 0) is 0 Å². The number of aromatic nitrogens is 3. The summed E-state index contributed by atoms with van der Waals surface area (Å²) in [4.78, 5) is 4.01. The highest BCUT2D eigenvalue weighted by atomic mass is 32.1. The summed E-state index contributed by atoms with van der Waals surface area (Å²) < 4.78 is 0.979. The first kappa shape index (κ1) is 5.55. The number of nitrogen functional groups attached to an aromatic ring is 1. The molecule has 2 aromatic heterocycles. The second kappa shape index (κ2) is 1.88. The summed E-state index contributed by atoms with van der Waals surface area (Å²) in [5.74, 6) is 0. The van der Waals surface area contributed by atoms with Gasteiger partial charge in [-0.2, -0.15) is 10.2 Å². The smallest absolute Gasteiger partial charge is 0.181 e. The quantitative estimate of drug-likeness (QED) is 0.602. The molecule has 0 aliphatic heterocycles. The minimum Gasteiger partial charge on any atom is -0.375 e. The standard InChI is InChI=1S/C5H4N4S/c6-5-9-3-1-7-8-2-4(3)10-5/h1-2H,(H2,6,9). The predicted molar refractivity (Wildman–Crippen MR) is 39.6 cm³/mol. The molecule has 2 heterocycles. The lowest BCUT2D eigenvalue weighted by Crippen LogP contribution is -1.80. The zero-order valence-corrected chi connectivity index (χ0v) is 5.80. The Labute approximate surface area is 60.7 Å². The van der Waals surface area contributed by atoms with Gasteiger partial charge in [0.15, 0.2) is 5.13 Å². The molecule has 0 saturated heterocycles. The zero-order chi connectivity index (χ0) is 6.97. The van der Waals surface area contributed by atoms with Crippen LogP contribution in [-0.4, -0.2) is 15.2 Å². The molecule has 0 radical (unpaired) electrons. The van der Waals surface area contributed by atoms with Gasteiger partial charge in [0.2, 0.25) is 0 Å². The lowest BCUT2D eigenvalue weighted by Gasteiger charge is -1.78. The highest BCUT2D eigenvalue weighted by Gasteiger charge is 1.98. The molecule has 0 bridgehead atoms. The Morgan fingerprint density at radius 1 is 1.30 bits per heavy atom. The van der Waals surface area contributed by atoms with E-state index in [9.17, 15) is 0 Å². The number of nitrogens with zero attached hydrogens (tertiary/aromatic N) is 3. The number of anilines is 1. The molecule has 2 N–H and O–H groups in total. The number of hydrogen-bond donors (Lipinski definition) is 1. The molecule has 0 atom stereocenters. The second-order valence-electron chi connectivity index (χ2n) is 1.79. The van der Waals surface area contributed by atoms with Crippen molar-refractivity contribution in [2.24, 2.45) is 0 Å². The van der Waals surface area contributed by atoms with Crippen molar-refractivity contribution in [3.63, 3.8) is 0 Å². The van der Waals surface area contributed by atoms with Crippen molar-refractivity contribution in [2.75, 3.05) is 5.73 Å². The maximum atomic E-state index is 5.44. The highest BCUT2D eigenvalue weighted by Crippen LogP contribution is 2.20. The van der Waals surface area contributed by atoms with Gasteiger partial charge in [-0.25, -0.2) is 4.98 Å². The van der Waals surface area contributed by atoms with Crippen LogP contribution in [0, 0.1) is 0 Å². The van der Waals surface area contributed by atoms with E-state index in [2.05, 4.69) is 15.2 Å². The molecule has 0 saturated carbocycles. The molecule has 0 amide bonds. The third-order valence-corrected chi connectivity index (χ3v) is 1.95. The molecule has 4 nitrogen and oxygen atoms in total. The van der Waals surface area contributed by atoms with Gasteiger partial charge in [0.05, 0.1) is 17.1 Å². The molecule has 0 aromatic carbocycles. The molecular weight excluding hydrogens is 148 g/mol. The fourth-order valence-electron chi connectivity index (χ4n) is 0.720. The average Bonchev–Trinajstić information content (AvgIpc) is 2.27. The number of nitrogens with two attached hydrogens (primary N) is 1. The summed E-state index contributed by atoms with van der Waals surface area (Å²) in [6, 6.07) is 0. The van der Waals surface area contributed by atoms with E-state index in [1.807, 2.05) is 0 Å². The van der Waals surface area contributed by atoms with Crippen LogP contribution in [0.4, 0.5) is 5.13 Å². The van der Waals surface area contributed by atoms with Crippen LogP contribution < -0.4 is 5.73 Å². The molecule has 50 valence electrons. The van der Waals surface area contributed by atoms with E-state index >= 15 is 0 Å². The number of fused-ring (bicyclic) bond motifs is 1. The lowest BCUT2D eigenvalue weighted by atomic mass is 10.5. The van der Waals surface area contributed by atoms with Gasteiger partial charge in [-0.3, -0.25) is 0 Å². The maximum absolute atomic E-state index is 5.44. The maximum Gasteiger partial charge on any atom is 0.181 e. The van der Waals surface area contributed by atoms with E-state index in [1.54, 1.807) is 12.4 Å².